The van der Waals surface area contributed by atoms with Crippen LogP contribution >= 0.6 is 31.9 Å². The molecule has 1 aromatic rings. The van der Waals surface area contributed by atoms with Crippen LogP contribution in [0.15, 0.2) is 24.3 Å². The van der Waals surface area contributed by atoms with Crippen LogP contribution in [0.5, 0.6) is 0 Å². The van der Waals surface area contributed by atoms with Crippen LogP contribution < -0.4 is 0 Å². The predicted octanol–water partition coefficient (Wildman–Crippen LogP) is 3.48. The third-order valence-corrected chi connectivity index (χ3v) is 1.95. The molecule has 3 heteroatoms. The first-order valence-electron chi connectivity index (χ1n) is 3.21. The van der Waals surface area contributed by atoms with Crippen LogP contribution in [0.4, 0.5) is 4.39 Å². The Kier molecular flexibility index (Phi) is 3.52. The molecule has 0 unspecified atom stereocenters. The zero-order valence-electron chi connectivity index (χ0n) is 5.73. The first-order chi connectivity index (χ1) is 5.18. The van der Waals surface area contributed by atoms with E-state index in [1.807, 2.05) is 0 Å². The molecule has 0 aliphatic heterocycles. The fourth-order valence-electron chi connectivity index (χ4n) is 0.799. The molecule has 1 aromatic carbocycles. The van der Waals surface area contributed by atoms with Crippen molar-refractivity contribution in [1.82, 2.24) is 0 Å². The molecule has 0 nitrogen and oxygen atoms in total. The summed E-state index contributed by atoms with van der Waals surface area (Å²) in [6.45, 7) is 0. The summed E-state index contributed by atoms with van der Waals surface area (Å²) in [7, 11) is 0. The van der Waals surface area contributed by atoms with Crippen LogP contribution in [0.3, 0.4) is 0 Å². The second-order valence-corrected chi connectivity index (χ2v) is 5.66. The van der Waals surface area contributed by atoms with Gasteiger partial charge in [0.2, 0.25) is 0 Å². The molecule has 1 rings (SSSR count). The normalized spacial score (nSPS) is 10.5. The molecule has 0 aliphatic rings. The van der Waals surface area contributed by atoms with Crippen molar-refractivity contribution in [3.8, 4) is 0 Å². The van der Waals surface area contributed by atoms with Crippen molar-refractivity contribution in [2.24, 2.45) is 0 Å². The molecular weight excluding hydrogens is 275 g/mol. The van der Waals surface area contributed by atoms with Gasteiger partial charge in [-0.2, -0.15) is 0 Å². The van der Waals surface area contributed by atoms with Gasteiger partial charge in [-0.15, -0.1) is 0 Å². The topological polar surface area (TPSA) is 0 Å². The van der Waals surface area contributed by atoms with E-state index in [0.29, 0.717) is 0 Å². The number of rotatable bonds is 2. The van der Waals surface area contributed by atoms with Crippen molar-refractivity contribution in [3.05, 3.63) is 35.6 Å². The Bertz CT molecular complexity index is 218. The van der Waals surface area contributed by atoms with E-state index in [0.717, 1.165) is 12.0 Å². The van der Waals surface area contributed by atoms with Crippen molar-refractivity contribution in [1.29, 1.82) is 0 Å². The minimum atomic E-state index is -0.186. The Hall–Kier alpha value is 0.110. The van der Waals surface area contributed by atoms with E-state index in [9.17, 15) is 4.39 Å². The molecule has 0 aliphatic carbocycles. The average Bonchev–Trinajstić information content (AvgIpc) is 1.93. The van der Waals surface area contributed by atoms with Gasteiger partial charge in [-0.25, -0.2) is 4.39 Å². The van der Waals surface area contributed by atoms with E-state index in [4.69, 9.17) is 0 Å². The largest absolute Gasteiger partial charge is 0.207 e. The van der Waals surface area contributed by atoms with Gasteiger partial charge in [-0.05, 0) is 24.1 Å². The smallest absolute Gasteiger partial charge is 0.123 e. The first-order valence-corrected chi connectivity index (χ1v) is 5.04. The van der Waals surface area contributed by atoms with Gasteiger partial charge in [0.1, 0.15) is 5.82 Å². The van der Waals surface area contributed by atoms with Crippen LogP contribution in [-0.2, 0) is 6.42 Å². The highest BCUT2D eigenvalue weighted by atomic mass is 79.9. The summed E-state index contributed by atoms with van der Waals surface area (Å²) in [5, 5.41) is 0. The number of halogens is 3. The Balaban J connectivity index is 2.66. The standard InChI is InChI=1S/C8H7Br2F/c9-8(10)5-6-1-3-7(11)4-2-6/h1-4,8H,5H2. The van der Waals surface area contributed by atoms with Gasteiger partial charge in [0, 0.05) is 0 Å². The quantitative estimate of drug-likeness (QED) is 0.728. The van der Waals surface area contributed by atoms with E-state index in [1.54, 1.807) is 12.1 Å². The van der Waals surface area contributed by atoms with Crippen LogP contribution in [0.2, 0.25) is 0 Å². The lowest BCUT2D eigenvalue weighted by Gasteiger charge is -2.00. The summed E-state index contributed by atoms with van der Waals surface area (Å²) < 4.78 is 12.7. The second kappa shape index (κ2) is 4.21. The van der Waals surface area contributed by atoms with E-state index in [-0.39, 0.29) is 9.55 Å². The molecule has 60 valence electrons. The molecule has 0 saturated carbocycles. The molecule has 11 heavy (non-hydrogen) atoms. The van der Waals surface area contributed by atoms with E-state index < -0.39 is 0 Å². The SMILES string of the molecule is Fc1ccc(CC(Br)Br)cc1. The highest BCUT2D eigenvalue weighted by Crippen LogP contribution is 2.15. The third kappa shape index (κ3) is 3.34. The van der Waals surface area contributed by atoms with E-state index in [1.165, 1.54) is 12.1 Å². The summed E-state index contributed by atoms with van der Waals surface area (Å²) in [6.07, 6.45) is 0.861. The van der Waals surface area contributed by atoms with Gasteiger partial charge in [0.25, 0.3) is 0 Å². The molecule has 0 amide bonds. The molecule has 0 bridgehead atoms. The van der Waals surface area contributed by atoms with E-state index in [2.05, 4.69) is 31.9 Å². The highest BCUT2D eigenvalue weighted by Gasteiger charge is 1.99. The molecule has 0 radical (unpaired) electrons. The van der Waals surface area contributed by atoms with E-state index >= 15 is 0 Å². The van der Waals surface area contributed by atoms with Gasteiger partial charge in [0.05, 0.1) is 3.74 Å². The predicted molar refractivity (Wildman–Crippen MR) is 51.7 cm³/mol. The fraction of sp³-hybridized carbons (Fsp3) is 0.250. The first kappa shape index (κ1) is 9.20. The summed E-state index contributed by atoms with van der Waals surface area (Å²) in [6, 6.07) is 6.51. The minimum absolute atomic E-state index is 0.186. The summed E-state index contributed by atoms with van der Waals surface area (Å²) in [4.78, 5) is 0. The van der Waals surface area contributed by atoms with Gasteiger partial charge in [-0.1, -0.05) is 44.0 Å². The van der Waals surface area contributed by atoms with Crippen molar-refractivity contribution < 1.29 is 4.39 Å². The van der Waals surface area contributed by atoms with Gasteiger partial charge < -0.3 is 0 Å². The lowest BCUT2D eigenvalue weighted by atomic mass is 10.2. The lowest BCUT2D eigenvalue weighted by Crippen LogP contribution is -1.92. The second-order valence-electron chi connectivity index (χ2n) is 2.22. The Morgan fingerprint density at radius 2 is 1.73 bits per heavy atom. The fourth-order valence-corrected chi connectivity index (χ4v) is 1.55. The Labute approximate surface area is 82.1 Å². The molecule has 0 saturated heterocycles. The minimum Gasteiger partial charge on any atom is -0.207 e. The van der Waals surface area contributed by atoms with Crippen molar-refractivity contribution in [2.45, 2.75) is 10.2 Å². The average molecular weight is 282 g/mol. The molecule has 0 atom stereocenters. The molecular formula is C8H7Br2F. The number of benzene rings is 1. The summed E-state index contributed by atoms with van der Waals surface area (Å²) >= 11 is 6.71. The molecule has 0 fully saturated rings. The maximum absolute atomic E-state index is 12.4. The van der Waals surface area contributed by atoms with Gasteiger partial charge in [0.15, 0.2) is 0 Å². The zero-order valence-corrected chi connectivity index (χ0v) is 8.90. The van der Waals surface area contributed by atoms with Crippen LogP contribution in [0, 0.1) is 5.82 Å². The third-order valence-electron chi connectivity index (χ3n) is 1.30. The maximum atomic E-state index is 12.4. The van der Waals surface area contributed by atoms with Gasteiger partial charge >= 0.3 is 0 Å². The van der Waals surface area contributed by atoms with Crippen LogP contribution in [0.1, 0.15) is 5.56 Å². The monoisotopic (exact) mass is 280 g/mol. The van der Waals surface area contributed by atoms with Crippen LogP contribution in [-0.4, -0.2) is 3.74 Å². The summed E-state index contributed by atoms with van der Waals surface area (Å²) in [5.74, 6) is -0.186. The molecule has 0 spiro atoms. The van der Waals surface area contributed by atoms with Crippen molar-refractivity contribution >= 4 is 31.9 Å². The molecule has 0 N–H and O–H groups in total. The summed E-state index contributed by atoms with van der Waals surface area (Å²) in [5.41, 5.74) is 1.12. The van der Waals surface area contributed by atoms with Crippen molar-refractivity contribution in [2.75, 3.05) is 0 Å². The number of hydrogen-bond acceptors (Lipinski definition) is 0. The maximum Gasteiger partial charge on any atom is 0.123 e. The Morgan fingerprint density at radius 1 is 1.18 bits per heavy atom. The molecule has 0 aromatic heterocycles. The molecule has 0 heterocycles. The number of hydrogen-bond donors (Lipinski definition) is 0. The highest BCUT2D eigenvalue weighted by molar-refractivity contribution is 9.24. The Morgan fingerprint density at radius 3 is 2.18 bits per heavy atom. The van der Waals surface area contributed by atoms with Gasteiger partial charge in [-0.3, -0.25) is 0 Å². The van der Waals surface area contributed by atoms with Crippen LogP contribution in [0.25, 0.3) is 0 Å². The van der Waals surface area contributed by atoms with Crippen molar-refractivity contribution in [3.63, 3.8) is 0 Å². The zero-order chi connectivity index (χ0) is 8.27. The number of alkyl halides is 2. The lowest BCUT2D eigenvalue weighted by molar-refractivity contribution is 0.627.